The normalized spacial score (nSPS) is 23.4. The van der Waals surface area contributed by atoms with Crippen molar-refractivity contribution in [3.63, 3.8) is 0 Å². The SMILES string of the molecule is C[C@H]1CCCC[C@]12NC(=O)N(CC(=O)OCC(=O)NCCc1ccc(F)cc1)C2=O. The first-order valence-corrected chi connectivity index (χ1v) is 10.1. The second-order valence-corrected chi connectivity index (χ2v) is 7.83. The van der Waals surface area contributed by atoms with Crippen LogP contribution in [0.3, 0.4) is 0 Å². The Hall–Kier alpha value is -2.97. The highest BCUT2D eigenvalue weighted by Crippen LogP contribution is 2.38. The standard InChI is InChI=1S/C21H26FN3O5/c1-14-4-2-3-10-21(14)19(28)25(20(29)24-21)12-18(27)30-13-17(26)23-11-9-15-5-7-16(22)8-6-15/h5-8,14H,2-4,9-13H2,1H3,(H,23,26)(H,24,29)/t14-,21-/m0/s1. The van der Waals surface area contributed by atoms with E-state index in [1.807, 2.05) is 6.92 Å². The maximum atomic E-state index is 12.9. The minimum absolute atomic E-state index is 0.00407. The summed E-state index contributed by atoms with van der Waals surface area (Å²) in [7, 11) is 0. The maximum Gasteiger partial charge on any atom is 0.326 e. The van der Waals surface area contributed by atoms with Crippen molar-refractivity contribution in [2.75, 3.05) is 19.7 Å². The Balaban J connectivity index is 1.41. The summed E-state index contributed by atoms with van der Waals surface area (Å²) in [6, 6.07) is 5.33. The van der Waals surface area contributed by atoms with Crippen molar-refractivity contribution in [2.45, 2.75) is 44.6 Å². The molecule has 1 aromatic carbocycles. The van der Waals surface area contributed by atoms with Gasteiger partial charge in [-0.05, 0) is 42.9 Å². The molecule has 0 unspecified atom stereocenters. The van der Waals surface area contributed by atoms with Gasteiger partial charge in [0.2, 0.25) is 0 Å². The molecule has 8 nitrogen and oxygen atoms in total. The number of nitrogens with one attached hydrogen (secondary N) is 2. The molecule has 1 aromatic rings. The van der Waals surface area contributed by atoms with E-state index in [1.54, 1.807) is 12.1 Å². The summed E-state index contributed by atoms with van der Waals surface area (Å²) in [5.74, 6) is -2.06. The first-order valence-electron chi connectivity index (χ1n) is 10.1. The highest BCUT2D eigenvalue weighted by molar-refractivity contribution is 6.09. The van der Waals surface area contributed by atoms with Crippen molar-refractivity contribution < 1.29 is 28.3 Å². The smallest absolute Gasteiger partial charge is 0.326 e. The van der Waals surface area contributed by atoms with Crippen LogP contribution in [0.4, 0.5) is 9.18 Å². The molecule has 1 heterocycles. The van der Waals surface area contributed by atoms with Gasteiger partial charge in [-0.1, -0.05) is 31.9 Å². The lowest BCUT2D eigenvalue weighted by molar-refractivity contribution is -0.151. The topological polar surface area (TPSA) is 105 Å². The Morgan fingerprint density at radius 2 is 2.00 bits per heavy atom. The lowest BCUT2D eigenvalue weighted by Gasteiger charge is -2.36. The fraction of sp³-hybridized carbons (Fsp3) is 0.524. The number of nitrogens with zero attached hydrogens (tertiary/aromatic N) is 1. The minimum Gasteiger partial charge on any atom is -0.454 e. The van der Waals surface area contributed by atoms with E-state index in [2.05, 4.69) is 10.6 Å². The van der Waals surface area contributed by atoms with Gasteiger partial charge >= 0.3 is 12.0 Å². The van der Waals surface area contributed by atoms with E-state index in [4.69, 9.17) is 4.74 Å². The molecule has 3 rings (SSSR count). The Morgan fingerprint density at radius 3 is 2.70 bits per heavy atom. The van der Waals surface area contributed by atoms with Crippen LogP contribution in [0.15, 0.2) is 24.3 Å². The van der Waals surface area contributed by atoms with Gasteiger partial charge in [0, 0.05) is 6.54 Å². The molecule has 162 valence electrons. The number of urea groups is 1. The fourth-order valence-electron chi connectivity index (χ4n) is 4.01. The summed E-state index contributed by atoms with van der Waals surface area (Å²) in [6.07, 6.45) is 3.74. The molecule has 9 heteroatoms. The summed E-state index contributed by atoms with van der Waals surface area (Å²) >= 11 is 0. The average Bonchev–Trinajstić information content (AvgIpc) is 2.95. The van der Waals surface area contributed by atoms with E-state index >= 15 is 0 Å². The van der Waals surface area contributed by atoms with Crippen LogP contribution in [0.1, 0.15) is 38.2 Å². The molecule has 2 atom stereocenters. The Bertz CT molecular complexity index is 828. The average molecular weight is 419 g/mol. The van der Waals surface area contributed by atoms with Crippen molar-refractivity contribution in [3.8, 4) is 0 Å². The largest absolute Gasteiger partial charge is 0.454 e. The molecule has 1 saturated heterocycles. The predicted octanol–water partition coefficient (Wildman–Crippen LogP) is 1.53. The van der Waals surface area contributed by atoms with Crippen LogP contribution in [0.5, 0.6) is 0 Å². The number of esters is 1. The quantitative estimate of drug-likeness (QED) is 0.515. The van der Waals surface area contributed by atoms with E-state index in [1.165, 1.54) is 12.1 Å². The minimum atomic E-state index is -0.937. The van der Waals surface area contributed by atoms with Gasteiger partial charge in [0.25, 0.3) is 11.8 Å². The summed E-state index contributed by atoms with van der Waals surface area (Å²) < 4.78 is 17.8. The van der Waals surface area contributed by atoms with E-state index in [0.717, 1.165) is 29.7 Å². The van der Waals surface area contributed by atoms with Gasteiger partial charge in [0.05, 0.1) is 0 Å². The molecule has 1 spiro atoms. The third-order valence-electron chi connectivity index (χ3n) is 5.80. The van der Waals surface area contributed by atoms with Crippen molar-refractivity contribution in [1.82, 2.24) is 15.5 Å². The van der Waals surface area contributed by atoms with Crippen LogP contribution in [-0.2, 0) is 25.5 Å². The van der Waals surface area contributed by atoms with Crippen molar-refractivity contribution in [2.24, 2.45) is 5.92 Å². The van der Waals surface area contributed by atoms with Gasteiger partial charge in [-0.15, -0.1) is 0 Å². The Kier molecular flexibility index (Phi) is 6.69. The monoisotopic (exact) mass is 419 g/mol. The van der Waals surface area contributed by atoms with Crippen molar-refractivity contribution >= 4 is 23.8 Å². The third-order valence-corrected chi connectivity index (χ3v) is 5.80. The predicted molar refractivity (Wildman–Crippen MR) is 105 cm³/mol. The highest BCUT2D eigenvalue weighted by atomic mass is 19.1. The molecule has 30 heavy (non-hydrogen) atoms. The molecule has 1 aliphatic heterocycles. The molecule has 0 bridgehead atoms. The molecule has 0 aromatic heterocycles. The summed E-state index contributed by atoms with van der Waals surface area (Å²) in [5.41, 5.74) is -0.0778. The first-order chi connectivity index (χ1) is 14.3. The van der Waals surface area contributed by atoms with Gasteiger partial charge < -0.3 is 15.4 Å². The number of halogens is 1. The van der Waals surface area contributed by atoms with Gasteiger partial charge in [-0.3, -0.25) is 19.3 Å². The number of carbonyl (C=O) groups is 4. The highest BCUT2D eigenvalue weighted by Gasteiger charge is 2.55. The summed E-state index contributed by atoms with van der Waals surface area (Å²) in [5, 5.41) is 5.36. The van der Waals surface area contributed by atoms with Crippen LogP contribution >= 0.6 is 0 Å². The number of rotatable bonds is 7. The first kappa shape index (κ1) is 21.7. The zero-order valence-electron chi connectivity index (χ0n) is 16.9. The van der Waals surface area contributed by atoms with Crippen LogP contribution in [0.2, 0.25) is 0 Å². The number of hydrogen-bond donors (Lipinski definition) is 2. The number of ether oxygens (including phenoxy) is 1. The van der Waals surface area contributed by atoms with Gasteiger partial charge in [-0.25, -0.2) is 9.18 Å². The third kappa shape index (κ3) is 4.77. The number of carbonyl (C=O) groups excluding carboxylic acids is 4. The Labute approximate surface area is 174 Å². The van der Waals surface area contributed by atoms with Gasteiger partial charge in [0.1, 0.15) is 17.9 Å². The van der Waals surface area contributed by atoms with Crippen molar-refractivity contribution in [3.05, 3.63) is 35.6 Å². The van der Waals surface area contributed by atoms with E-state index in [0.29, 0.717) is 19.4 Å². The molecule has 1 aliphatic carbocycles. The van der Waals surface area contributed by atoms with Gasteiger partial charge in [0.15, 0.2) is 6.61 Å². The maximum absolute atomic E-state index is 12.9. The van der Waals surface area contributed by atoms with Crippen LogP contribution in [0, 0.1) is 11.7 Å². The fourth-order valence-corrected chi connectivity index (χ4v) is 4.01. The lowest BCUT2D eigenvalue weighted by atomic mass is 9.73. The molecule has 0 radical (unpaired) electrons. The van der Waals surface area contributed by atoms with Crippen LogP contribution in [0.25, 0.3) is 0 Å². The van der Waals surface area contributed by atoms with Crippen molar-refractivity contribution in [1.29, 1.82) is 0 Å². The van der Waals surface area contributed by atoms with E-state index in [9.17, 15) is 23.6 Å². The zero-order chi connectivity index (χ0) is 21.7. The van der Waals surface area contributed by atoms with E-state index < -0.39 is 42.5 Å². The molecule has 4 amide bonds. The number of benzene rings is 1. The second-order valence-electron chi connectivity index (χ2n) is 7.83. The number of imide groups is 1. The zero-order valence-corrected chi connectivity index (χ0v) is 16.9. The number of hydrogen-bond acceptors (Lipinski definition) is 5. The molecular formula is C21H26FN3O5. The Morgan fingerprint density at radius 1 is 1.27 bits per heavy atom. The summed E-state index contributed by atoms with van der Waals surface area (Å²) in [4.78, 5) is 49.8. The molecule has 2 N–H and O–H groups in total. The molecule has 2 aliphatic rings. The van der Waals surface area contributed by atoms with Crippen LogP contribution in [-0.4, -0.2) is 54.0 Å². The van der Waals surface area contributed by atoms with Gasteiger partial charge in [-0.2, -0.15) is 0 Å². The molecule has 1 saturated carbocycles. The molecule has 2 fully saturated rings. The second kappa shape index (κ2) is 9.23. The van der Waals surface area contributed by atoms with E-state index in [-0.39, 0.29) is 11.7 Å². The van der Waals surface area contributed by atoms with Crippen LogP contribution < -0.4 is 10.6 Å². The lowest BCUT2D eigenvalue weighted by Crippen LogP contribution is -2.54. The molecular weight excluding hydrogens is 393 g/mol. The summed E-state index contributed by atoms with van der Waals surface area (Å²) in [6.45, 7) is 1.19. The number of amides is 4.